The summed E-state index contributed by atoms with van der Waals surface area (Å²) in [5.41, 5.74) is -0.410. The number of hydrogen-bond acceptors (Lipinski definition) is 3. The summed E-state index contributed by atoms with van der Waals surface area (Å²) in [6, 6.07) is 5.34. The van der Waals surface area contributed by atoms with Gasteiger partial charge in [-0.15, -0.1) is 0 Å². The maximum absolute atomic E-state index is 10.6. The van der Waals surface area contributed by atoms with Crippen molar-refractivity contribution in [3.63, 3.8) is 0 Å². The van der Waals surface area contributed by atoms with Gasteiger partial charge in [0.1, 0.15) is 0 Å². The van der Waals surface area contributed by atoms with Gasteiger partial charge in [-0.1, -0.05) is 12.1 Å². The van der Waals surface area contributed by atoms with Crippen molar-refractivity contribution in [1.29, 1.82) is 0 Å². The molecule has 7 heteroatoms. The van der Waals surface area contributed by atoms with Crippen molar-refractivity contribution < 1.29 is 22.9 Å². The highest BCUT2D eigenvalue weighted by molar-refractivity contribution is 7.87. The van der Waals surface area contributed by atoms with E-state index in [2.05, 4.69) is 0 Å². The molecule has 0 radical (unpaired) electrons. The SMILES string of the molecule is O=C(O)c1ccccc1NS(=O)(=O)O. The van der Waals surface area contributed by atoms with Crippen LogP contribution in [0.2, 0.25) is 0 Å². The first-order valence-electron chi connectivity index (χ1n) is 3.48. The summed E-state index contributed by atoms with van der Waals surface area (Å²) in [5, 5.41) is 8.65. The van der Waals surface area contributed by atoms with Crippen molar-refractivity contribution in [1.82, 2.24) is 0 Å². The molecule has 3 N–H and O–H groups in total. The van der Waals surface area contributed by atoms with E-state index in [1.54, 1.807) is 4.72 Å². The summed E-state index contributed by atoms with van der Waals surface area (Å²) in [7, 11) is -4.45. The molecule has 0 aliphatic heterocycles. The Morgan fingerprint density at radius 1 is 1.29 bits per heavy atom. The fourth-order valence-electron chi connectivity index (χ4n) is 0.898. The Bertz CT molecular complexity index is 453. The summed E-state index contributed by atoms with van der Waals surface area (Å²) >= 11 is 0. The van der Waals surface area contributed by atoms with Gasteiger partial charge in [-0.05, 0) is 12.1 Å². The second kappa shape index (κ2) is 3.64. The lowest BCUT2D eigenvalue weighted by atomic mass is 10.2. The predicted octanol–water partition coefficient (Wildman–Crippen LogP) is 0.599. The molecule has 0 saturated heterocycles. The molecule has 0 atom stereocenters. The largest absolute Gasteiger partial charge is 0.478 e. The smallest absolute Gasteiger partial charge is 0.357 e. The zero-order valence-electron chi connectivity index (χ0n) is 6.84. The number of carbonyl (C=O) groups is 1. The molecule has 14 heavy (non-hydrogen) atoms. The highest BCUT2D eigenvalue weighted by Crippen LogP contribution is 2.15. The van der Waals surface area contributed by atoms with Crippen molar-refractivity contribution >= 4 is 22.0 Å². The van der Waals surface area contributed by atoms with E-state index in [4.69, 9.17) is 9.66 Å². The van der Waals surface area contributed by atoms with Crippen LogP contribution in [0.15, 0.2) is 24.3 Å². The van der Waals surface area contributed by atoms with Gasteiger partial charge >= 0.3 is 16.3 Å². The van der Waals surface area contributed by atoms with E-state index in [9.17, 15) is 13.2 Å². The molecule has 6 nitrogen and oxygen atoms in total. The molecule has 0 aliphatic carbocycles. The molecule has 0 heterocycles. The minimum absolute atomic E-state index is 0.178. The van der Waals surface area contributed by atoms with E-state index >= 15 is 0 Å². The van der Waals surface area contributed by atoms with E-state index in [1.165, 1.54) is 24.3 Å². The first-order chi connectivity index (χ1) is 6.40. The zero-order valence-corrected chi connectivity index (χ0v) is 7.65. The maximum Gasteiger partial charge on any atom is 0.357 e. The van der Waals surface area contributed by atoms with Gasteiger partial charge in [-0.2, -0.15) is 8.42 Å². The molecule has 0 fully saturated rings. The lowest BCUT2D eigenvalue weighted by Crippen LogP contribution is -2.13. The Morgan fingerprint density at radius 2 is 1.86 bits per heavy atom. The first kappa shape index (κ1) is 10.5. The van der Waals surface area contributed by atoms with Crippen molar-refractivity contribution in [3.05, 3.63) is 29.8 Å². The number of rotatable bonds is 3. The van der Waals surface area contributed by atoms with E-state index in [-0.39, 0.29) is 11.3 Å². The van der Waals surface area contributed by atoms with Gasteiger partial charge < -0.3 is 5.11 Å². The number of para-hydroxylation sites is 1. The van der Waals surface area contributed by atoms with Crippen LogP contribution in [0, 0.1) is 0 Å². The molecule has 0 bridgehead atoms. The van der Waals surface area contributed by atoms with Crippen LogP contribution >= 0.6 is 0 Å². The number of anilines is 1. The van der Waals surface area contributed by atoms with Crippen molar-refractivity contribution in [2.45, 2.75) is 0 Å². The normalized spacial score (nSPS) is 10.9. The van der Waals surface area contributed by atoms with Gasteiger partial charge in [-0.25, -0.2) is 4.79 Å². The number of benzene rings is 1. The topological polar surface area (TPSA) is 104 Å². The average Bonchev–Trinajstić information content (AvgIpc) is 2.01. The van der Waals surface area contributed by atoms with E-state index < -0.39 is 16.3 Å². The van der Waals surface area contributed by atoms with Crippen LogP contribution in [0.3, 0.4) is 0 Å². The molecular weight excluding hydrogens is 210 g/mol. The van der Waals surface area contributed by atoms with Gasteiger partial charge in [-0.3, -0.25) is 9.27 Å². The maximum atomic E-state index is 10.6. The van der Waals surface area contributed by atoms with Crippen LogP contribution in [0.4, 0.5) is 5.69 Å². The molecular formula is C7H7NO5S. The molecule has 0 amide bonds. The summed E-state index contributed by atoms with van der Waals surface area (Å²) < 4.78 is 31.0. The van der Waals surface area contributed by atoms with E-state index in [0.29, 0.717) is 0 Å². The third-order valence-corrected chi connectivity index (χ3v) is 1.87. The third-order valence-electron chi connectivity index (χ3n) is 1.40. The second-order valence-electron chi connectivity index (χ2n) is 2.43. The molecule has 0 saturated carbocycles. The Hall–Kier alpha value is -1.60. The predicted molar refractivity (Wildman–Crippen MR) is 48.6 cm³/mol. The summed E-state index contributed by atoms with van der Waals surface area (Å²) in [6.45, 7) is 0. The van der Waals surface area contributed by atoms with Crippen LogP contribution < -0.4 is 4.72 Å². The van der Waals surface area contributed by atoms with Gasteiger partial charge in [0, 0.05) is 0 Å². The lowest BCUT2D eigenvalue weighted by Gasteiger charge is -2.05. The number of aromatic carboxylic acids is 1. The number of nitrogens with one attached hydrogen (secondary N) is 1. The van der Waals surface area contributed by atoms with Gasteiger partial charge in [0.25, 0.3) is 0 Å². The summed E-state index contributed by atoms with van der Waals surface area (Å²) in [4.78, 5) is 10.6. The van der Waals surface area contributed by atoms with Crippen molar-refractivity contribution in [2.75, 3.05) is 4.72 Å². The van der Waals surface area contributed by atoms with Crippen LogP contribution in [-0.4, -0.2) is 24.0 Å². The van der Waals surface area contributed by atoms with Gasteiger partial charge in [0.15, 0.2) is 0 Å². The number of carboxylic acid groups (broad SMARTS) is 1. The van der Waals surface area contributed by atoms with E-state index in [1.807, 2.05) is 0 Å². The number of hydrogen-bond donors (Lipinski definition) is 3. The van der Waals surface area contributed by atoms with Gasteiger partial charge in [0.2, 0.25) is 0 Å². The fourth-order valence-corrected chi connectivity index (χ4v) is 1.35. The summed E-state index contributed by atoms with van der Waals surface area (Å²) in [5.74, 6) is -1.28. The molecule has 1 rings (SSSR count). The standard InChI is InChI=1S/C7H7NO5S/c9-7(10)5-3-1-2-4-6(5)8-14(11,12)13/h1-4,8H,(H,9,10)(H,11,12,13). The molecule has 1 aromatic rings. The molecule has 1 aromatic carbocycles. The third kappa shape index (κ3) is 2.71. The van der Waals surface area contributed by atoms with Gasteiger partial charge in [0.05, 0.1) is 11.3 Å². The van der Waals surface area contributed by atoms with E-state index in [0.717, 1.165) is 0 Å². The Morgan fingerprint density at radius 3 is 2.36 bits per heavy atom. The Kier molecular flexibility index (Phi) is 2.73. The fraction of sp³-hybridized carbons (Fsp3) is 0. The zero-order chi connectivity index (χ0) is 10.8. The molecule has 0 aromatic heterocycles. The summed E-state index contributed by atoms with van der Waals surface area (Å²) in [6.07, 6.45) is 0. The molecule has 76 valence electrons. The van der Waals surface area contributed by atoms with Crippen molar-refractivity contribution in [2.24, 2.45) is 0 Å². The van der Waals surface area contributed by atoms with Crippen LogP contribution in [0.1, 0.15) is 10.4 Å². The van der Waals surface area contributed by atoms with Crippen molar-refractivity contribution in [3.8, 4) is 0 Å². The highest BCUT2D eigenvalue weighted by atomic mass is 32.2. The minimum atomic E-state index is -4.45. The average molecular weight is 217 g/mol. The van der Waals surface area contributed by atoms with Crippen LogP contribution in [-0.2, 0) is 10.3 Å². The molecule has 0 spiro atoms. The van der Waals surface area contributed by atoms with Crippen LogP contribution in [0.5, 0.6) is 0 Å². The Labute approximate surface area is 80.1 Å². The number of carboxylic acids is 1. The monoisotopic (exact) mass is 217 g/mol. The van der Waals surface area contributed by atoms with Crippen LogP contribution in [0.25, 0.3) is 0 Å². The lowest BCUT2D eigenvalue weighted by molar-refractivity contribution is 0.0698. The second-order valence-corrected chi connectivity index (χ2v) is 3.58. The quantitative estimate of drug-likeness (QED) is 0.643. The molecule has 0 unspecified atom stereocenters. The Balaban J connectivity index is 3.15. The first-order valence-corrected chi connectivity index (χ1v) is 4.92. The highest BCUT2D eigenvalue weighted by Gasteiger charge is 2.12. The minimum Gasteiger partial charge on any atom is -0.478 e. The molecule has 0 aliphatic rings.